The second-order valence-electron chi connectivity index (χ2n) is 4.65. The summed E-state index contributed by atoms with van der Waals surface area (Å²) in [4.78, 5) is 14.7. The van der Waals surface area contributed by atoms with Crippen molar-refractivity contribution in [3.05, 3.63) is 35.5 Å². The van der Waals surface area contributed by atoms with Gasteiger partial charge in [-0.15, -0.1) is 12.4 Å². The Kier molecular flexibility index (Phi) is 6.55. The van der Waals surface area contributed by atoms with Gasteiger partial charge in [-0.1, -0.05) is 25.1 Å². The van der Waals surface area contributed by atoms with Crippen molar-refractivity contribution >= 4 is 29.2 Å². The van der Waals surface area contributed by atoms with Crippen LogP contribution in [0.25, 0.3) is 10.9 Å². The number of aryl methyl sites for hydroxylation is 1. The smallest absolute Gasteiger partial charge is 0.221 e. The Morgan fingerprint density at radius 2 is 2.15 bits per heavy atom. The SMILES string of the molecule is CCc1cccc2c(CCNC(=O)CCN)c[nH]c12.Cl. The standard InChI is InChI=1S/C15H21N3O.ClH/c1-2-11-4-3-5-13-12(10-18-15(11)13)7-9-17-14(19)6-8-16;/h3-5,10,18H,2,6-9,16H2,1H3,(H,17,19);1H. The molecule has 0 saturated heterocycles. The van der Waals surface area contributed by atoms with E-state index in [9.17, 15) is 4.79 Å². The van der Waals surface area contributed by atoms with E-state index in [1.54, 1.807) is 0 Å². The number of fused-ring (bicyclic) bond motifs is 1. The summed E-state index contributed by atoms with van der Waals surface area (Å²) in [5, 5.41) is 4.14. The van der Waals surface area contributed by atoms with E-state index >= 15 is 0 Å². The maximum atomic E-state index is 11.3. The predicted octanol–water partition coefficient (Wildman–Crippen LogP) is 2.16. The average molecular weight is 296 g/mol. The minimum Gasteiger partial charge on any atom is -0.361 e. The maximum Gasteiger partial charge on any atom is 0.221 e. The van der Waals surface area contributed by atoms with Crippen LogP contribution >= 0.6 is 12.4 Å². The highest BCUT2D eigenvalue weighted by atomic mass is 35.5. The van der Waals surface area contributed by atoms with Crippen molar-refractivity contribution in [3.63, 3.8) is 0 Å². The molecule has 0 saturated carbocycles. The van der Waals surface area contributed by atoms with Crippen LogP contribution in [0.5, 0.6) is 0 Å². The van der Waals surface area contributed by atoms with E-state index in [2.05, 4.69) is 35.4 Å². The van der Waals surface area contributed by atoms with E-state index in [-0.39, 0.29) is 18.3 Å². The van der Waals surface area contributed by atoms with E-state index in [0.29, 0.717) is 19.5 Å². The average Bonchev–Trinajstić information content (AvgIpc) is 2.82. The van der Waals surface area contributed by atoms with Gasteiger partial charge in [0, 0.05) is 36.6 Å². The highest BCUT2D eigenvalue weighted by molar-refractivity contribution is 5.86. The molecule has 0 aliphatic rings. The first-order chi connectivity index (χ1) is 9.26. The quantitative estimate of drug-likeness (QED) is 0.764. The third-order valence-corrected chi connectivity index (χ3v) is 3.36. The summed E-state index contributed by atoms with van der Waals surface area (Å²) in [6, 6.07) is 6.36. The minimum atomic E-state index is 0. The summed E-state index contributed by atoms with van der Waals surface area (Å²) in [5.41, 5.74) is 9.13. The normalized spacial score (nSPS) is 10.3. The first-order valence-electron chi connectivity index (χ1n) is 6.81. The number of aromatic nitrogens is 1. The Morgan fingerprint density at radius 3 is 2.85 bits per heavy atom. The molecular weight excluding hydrogens is 274 g/mol. The Balaban J connectivity index is 0.00000200. The molecular formula is C15H22ClN3O. The van der Waals surface area contributed by atoms with Crippen LogP contribution in [0.3, 0.4) is 0 Å². The summed E-state index contributed by atoms with van der Waals surface area (Å²) in [7, 11) is 0. The molecule has 4 nitrogen and oxygen atoms in total. The van der Waals surface area contributed by atoms with E-state index < -0.39 is 0 Å². The first kappa shape index (κ1) is 16.5. The van der Waals surface area contributed by atoms with Crippen molar-refractivity contribution in [1.82, 2.24) is 10.3 Å². The van der Waals surface area contributed by atoms with Crippen LogP contribution in [-0.2, 0) is 17.6 Å². The molecule has 20 heavy (non-hydrogen) atoms. The third kappa shape index (κ3) is 3.74. The van der Waals surface area contributed by atoms with Crippen molar-refractivity contribution in [2.24, 2.45) is 5.73 Å². The Hall–Kier alpha value is -1.52. The molecule has 0 fully saturated rings. The van der Waals surface area contributed by atoms with Gasteiger partial charge in [-0.05, 0) is 24.0 Å². The van der Waals surface area contributed by atoms with Crippen LogP contribution in [0.2, 0.25) is 0 Å². The molecule has 0 atom stereocenters. The molecule has 0 spiro atoms. The Morgan fingerprint density at radius 1 is 1.35 bits per heavy atom. The highest BCUT2D eigenvalue weighted by Crippen LogP contribution is 2.22. The minimum absolute atomic E-state index is 0. The van der Waals surface area contributed by atoms with E-state index in [1.807, 2.05) is 6.20 Å². The number of para-hydroxylation sites is 1. The molecule has 0 aliphatic carbocycles. The lowest BCUT2D eigenvalue weighted by Crippen LogP contribution is -2.27. The number of benzene rings is 1. The number of hydrogen-bond donors (Lipinski definition) is 3. The lowest BCUT2D eigenvalue weighted by Gasteiger charge is -2.04. The maximum absolute atomic E-state index is 11.3. The highest BCUT2D eigenvalue weighted by Gasteiger charge is 2.06. The van der Waals surface area contributed by atoms with Gasteiger partial charge in [0.1, 0.15) is 0 Å². The summed E-state index contributed by atoms with van der Waals surface area (Å²) >= 11 is 0. The van der Waals surface area contributed by atoms with Gasteiger partial charge >= 0.3 is 0 Å². The number of carbonyl (C=O) groups is 1. The van der Waals surface area contributed by atoms with Crippen LogP contribution in [0.1, 0.15) is 24.5 Å². The molecule has 1 amide bonds. The van der Waals surface area contributed by atoms with Crippen LogP contribution < -0.4 is 11.1 Å². The van der Waals surface area contributed by atoms with Crippen molar-refractivity contribution in [3.8, 4) is 0 Å². The number of nitrogens with one attached hydrogen (secondary N) is 2. The number of amides is 1. The fourth-order valence-corrected chi connectivity index (χ4v) is 2.33. The Bertz CT molecular complexity index is 565. The molecule has 1 heterocycles. The van der Waals surface area contributed by atoms with E-state index in [0.717, 1.165) is 12.8 Å². The number of nitrogens with two attached hydrogens (primary N) is 1. The number of carbonyl (C=O) groups excluding carboxylic acids is 1. The van der Waals surface area contributed by atoms with E-state index in [1.165, 1.54) is 22.0 Å². The number of H-pyrrole nitrogens is 1. The van der Waals surface area contributed by atoms with Gasteiger partial charge in [-0.25, -0.2) is 0 Å². The lowest BCUT2D eigenvalue weighted by molar-refractivity contribution is -0.120. The molecule has 5 heteroatoms. The molecule has 0 unspecified atom stereocenters. The second-order valence-corrected chi connectivity index (χ2v) is 4.65. The molecule has 1 aromatic carbocycles. The third-order valence-electron chi connectivity index (χ3n) is 3.36. The van der Waals surface area contributed by atoms with Gasteiger partial charge in [0.05, 0.1) is 0 Å². The summed E-state index contributed by atoms with van der Waals surface area (Å²) in [5.74, 6) is 0.0246. The molecule has 1 aromatic heterocycles. The van der Waals surface area contributed by atoms with Crippen molar-refractivity contribution in [2.45, 2.75) is 26.2 Å². The van der Waals surface area contributed by atoms with Gasteiger partial charge in [0.25, 0.3) is 0 Å². The van der Waals surface area contributed by atoms with E-state index in [4.69, 9.17) is 5.73 Å². The zero-order valence-corrected chi connectivity index (χ0v) is 12.6. The van der Waals surface area contributed by atoms with Gasteiger partial charge in [-0.3, -0.25) is 4.79 Å². The number of hydrogen-bond acceptors (Lipinski definition) is 2. The zero-order valence-electron chi connectivity index (χ0n) is 11.7. The predicted molar refractivity (Wildman–Crippen MR) is 85.3 cm³/mol. The fourth-order valence-electron chi connectivity index (χ4n) is 2.33. The van der Waals surface area contributed by atoms with Crippen molar-refractivity contribution in [1.29, 1.82) is 0 Å². The summed E-state index contributed by atoms with van der Waals surface area (Å²) < 4.78 is 0. The van der Waals surface area contributed by atoms with Gasteiger partial charge in [0.15, 0.2) is 0 Å². The number of halogens is 1. The molecule has 2 rings (SSSR count). The number of aromatic amines is 1. The van der Waals surface area contributed by atoms with Gasteiger partial charge in [-0.2, -0.15) is 0 Å². The largest absolute Gasteiger partial charge is 0.361 e. The van der Waals surface area contributed by atoms with Crippen LogP contribution in [0.4, 0.5) is 0 Å². The van der Waals surface area contributed by atoms with Crippen molar-refractivity contribution in [2.75, 3.05) is 13.1 Å². The summed E-state index contributed by atoms with van der Waals surface area (Å²) in [6.07, 6.45) is 4.29. The number of rotatable bonds is 6. The van der Waals surface area contributed by atoms with Crippen molar-refractivity contribution < 1.29 is 4.79 Å². The van der Waals surface area contributed by atoms with Gasteiger partial charge < -0.3 is 16.0 Å². The van der Waals surface area contributed by atoms with Crippen LogP contribution in [0, 0.1) is 0 Å². The zero-order chi connectivity index (χ0) is 13.7. The van der Waals surface area contributed by atoms with Crippen LogP contribution in [0.15, 0.2) is 24.4 Å². The topological polar surface area (TPSA) is 70.9 Å². The fraction of sp³-hybridized carbons (Fsp3) is 0.400. The molecule has 4 N–H and O–H groups in total. The molecule has 2 aromatic rings. The second kappa shape index (κ2) is 7.92. The monoisotopic (exact) mass is 295 g/mol. The molecule has 0 radical (unpaired) electrons. The summed E-state index contributed by atoms with van der Waals surface area (Å²) in [6.45, 7) is 3.21. The lowest BCUT2D eigenvalue weighted by atomic mass is 10.1. The molecule has 0 bridgehead atoms. The first-order valence-corrected chi connectivity index (χ1v) is 6.81. The molecule has 0 aliphatic heterocycles. The Labute approximate surface area is 125 Å². The van der Waals surface area contributed by atoms with Gasteiger partial charge in [0.2, 0.25) is 5.91 Å². The molecule has 110 valence electrons. The van der Waals surface area contributed by atoms with Crippen LogP contribution in [-0.4, -0.2) is 24.0 Å².